The largest absolute Gasteiger partial charge is 0.496 e. The molecule has 2 aromatic rings. The van der Waals surface area contributed by atoms with Crippen LogP contribution < -0.4 is 9.47 Å². The van der Waals surface area contributed by atoms with E-state index in [-0.39, 0.29) is 22.6 Å². The summed E-state index contributed by atoms with van der Waals surface area (Å²) in [6.07, 6.45) is 0.795. The molecule has 0 aliphatic carbocycles. The van der Waals surface area contributed by atoms with Gasteiger partial charge in [0, 0.05) is 18.7 Å². The highest BCUT2D eigenvalue weighted by Crippen LogP contribution is 2.29. The molecular weight excluding hydrogens is 664 g/mol. The molecule has 2 aliphatic heterocycles. The van der Waals surface area contributed by atoms with Crippen LogP contribution in [-0.2, 0) is 28.5 Å². The molecule has 2 fully saturated rings. The van der Waals surface area contributed by atoms with Gasteiger partial charge in [0.15, 0.2) is 19.0 Å². The summed E-state index contributed by atoms with van der Waals surface area (Å²) in [5.41, 5.74) is -1.06. The van der Waals surface area contributed by atoms with E-state index in [4.69, 9.17) is 28.4 Å². The summed E-state index contributed by atoms with van der Waals surface area (Å²) in [5, 5.41) is 0. The van der Waals surface area contributed by atoms with E-state index in [9.17, 15) is 28.8 Å². The molecule has 2 unspecified atom stereocenters. The van der Waals surface area contributed by atoms with Gasteiger partial charge in [-0.15, -0.1) is 0 Å². The summed E-state index contributed by atoms with van der Waals surface area (Å²) in [4.78, 5) is 79.3. The van der Waals surface area contributed by atoms with Crippen LogP contribution in [0.15, 0.2) is 42.5 Å². The van der Waals surface area contributed by atoms with Crippen LogP contribution in [0.1, 0.15) is 87.9 Å². The lowest BCUT2D eigenvalue weighted by atomic mass is 10.1. The number of ketones is 2. The number of hydrogen-bond donors (Lipinski definition) is 0. The molecule has 0 radical (unpaired) electrons. The van der Waals surface area contributed by atoms with Gasteiger partial charge < -0.3 is 28.4 Å². The monoisotopic (exact) mass is 710 g/mol. The number of likely N-dealkylation sites (tertiary alicyclic amines) is 2. The van der Waals surface area contributed by atoms with Gasteiger partial charge in [-0.3, -0.25) is 19.4 Å². The average Bonchev–Trinajstić information content (AvgIpc) is 3.76. The number of benzene rings is 2. The lowest BCUT2D eigenvalue weighted by molar-refractivity contribution is -0.148. The third-order valence-corrected chi connectivity index (χ3v) is 7.88. The number of hydrogen-bond acceptors (Lipinski definition) is 12. The second kappa shape index (κ2) is 16.3. The Morgan fingerprint density at radius 1 is 0.667 bits per heavy atom. The fraction of sp³-hybridized carbons (Fsp3) is 0.514. The molecule has 2 atom stereocenters. The Morgan fingerprint density at radius 3 is 1.61 bits per heavy atom. The zero-order chi connectivity index (χ0) is 37.5. The normalized spacial score (nSPS) is 17.4. The third-order valence-electron chi connectivity index (χ3n) is 7.88. The minimum Gasteiger partial charge on any atom is -0.496 e. The smallest absolute Gasteiger partial charge is 0.411 e. The van der Waals surface area contributed by atoms with Crippen molar-refractivity contribution in [1.82, 2.24) is 9.80 Å². The molecule has 0 aromatic heterocycles. The second-order valence-corrected chi connectivity index (χ2v) is 14.2. The molecule has 2 heterocycles. The van der Waals surface area contributed by atoms with Crippen LogP contribution in [0.2, 0.25) is 0 Å². The number of nitrogens with zero attached hydrogens (tertiary/aromatic N) is 2. The van der Waals surface area contributed by atoms with Crippen LogP contribution in [-0.4, -0.2) is 102 Å². The van der Waals surface area contributed by atoms with Gasteiger partial charge in [-0.1, -0.05) is 0 Å². The number of methoxy groups -OCH3 is 1. The van der Waals surface area contributed by atoms with Crippen LogP contribution in [0.3, 0.4) is 0 Å². The van der Waals surface area contributed by atoms with Crippen LogP contribution in [0, 0.1) is 0 Å². The average molecular weight is 711 g/mol. The highest BCUT2D eigenvalue weighted by Gasteiger charge is 2.39. The standard InChI is InChI=1S/C37H46N2O12/c1-36(2,3)50-34(44)38-18-8-10-27(38)32(42)47-21-29(40)23-12-14-24(15-13-23)49-25-16-17-31(46-7)26(20-25)30(41)22-48-33(43)28-11-9-19-39(28)35(45)51-37(4,5)6/h12-17,20,27-28H,8-11,18-19,21-22H2,1-7H3. The third kappa shape index (κ3) is 10.7. The summed E-state index contributed by atoms with van der Waals surface area (Å²) in [6, 6.07) is 8.99. The number of Topliss-reactive ketones (excluding diaryl/α,β-unsaturated/α-hetero) is 2. The Kier molecular flexibility index (Phi) is 12.3. The van der Waals surface area contributed by atoms with Gasteiger partial charge in [0.25, 0.3) is 0 Å². The van der Waals surface area contributed by atoms with Gasteiger partial charge in [-0.25, -0.2) is 19.2 Å². The number of carbonyl (C=O) groups excluding carboxylic acids is 6. The van der Waals surface area contributed by atoms with Crippen molar-refractivity contribution in [3.8, 4) is 17.2 Å². The Labute approximate surface area is 297 Å². The van der Waals surface area contributed by atoms with E-state index in [2.05, 4.69) is 0 Å². The van der Waals surface area contributed by atoms with Crippen molar-refractivity contribution in [2.24, 2.45) is 0 Å². The van der Waals surface area contributed by atoms with Crippen molar-refractivity contribution >= 4 is 35.7 Å². The molecule has 276 valence electrons. The molecule has 14 heteroatoms. The van der Waals surface area contributed by atoms with E-state index in [0.29, 0.717) is 44.5 Å². The SMILES string of the molecule is COc1ccc(Oc2ccc(C(=O)COC(=O)C3CCCN3C(=O)OC(C)(C)C)cc2)cc1C(=O)COC(=O)C1CCCN1C(=O)OC(C)(C)C. The highest BCUT2D eigenvalue weighted by atomic mass is 16.6. The minimum absolute atomic E-state index is 0.110. The molecule has 51 heavy (non-hydrogen) atoms. The van der Waals surface area contributed by atoms with Crippen molar-refractivity contribution in [2.75, 3.05) is 33.4 Å². The maximum atomic E-state index is 13.2. The highest BCUT2D eigenvalue weighted by molar-refractivity contribution is 6.01. The molecule has 2 aromatic carbocycles. The van der Waals surface area contributed by atoms with Gasteiger partial charge in [-0.05, 0) is 110 Å². The summed E-state index contributed by atoms with van der Waals surface area (Å²) in [7, 11) is 1.40. The van der Waals surface area contributed by atoms with Crippen LogP contribution >= 0.6 is 0 Å². The summed E-state index contributed by atoms with van der Waals surface area (Å²) in [6.45, 7) is 10.0. The lowest BCUT2D eigenvalue weighted by Gasteiger charge is -2.27. The van der Waals surface area contributed by atoms with Gasteiger partial charge >= 0.3 is 24.1 Å². The van der Waals surface area contributed by atoms with E-state index in [1.165, 1.54) is 41.2 Å². The first-order valence-electron chi connectivity index (χ1n) is 16.8. The van der Waals surface area contributed by atoms with E-state index in [0.717, 1.165) is 0 Å². The molecule has 0 saturated carbocycles. The molecule has 2 saturated heterocycles. The molecule has 2 amide bonds. The van der Waals surface area contributed by atoms with Crippen molar-refractivity contribution < 1.29 is 57.2 Å². The van der Waals surface area contributed by atoms with Crippen LogP contribution in [0.4, 0.5) is 9.59 Å². The van der Waals surface area contributed by atoms with E-state index in [1.807, 2.05) is 0 Å². The zero-order valence-electron chi connectivity index (χ0n) is 30.1. The van der Waals surface area contributed by atoms with Gasteiger partial charge in [0.05, 0.1) is 12.7 Å². The van der Waals surface area contributed by atoms with E-state index >= 15 is 0 Å². The maximum absolute atomic E-state index is 13.2. The lowest BCUT2D eigenvalue weighted by Crippen LogP contribution is -2.44. The van der Waals surface area contributed by atoms with Crippen LogP contribution in [0.25, 0.3) is 0 Å². The Hall–Kier alpha value is -5.14. The fourth-order valence-electron chi connectivity index (χ4n) is 5.54. The quantitative estimate of drug-likeness (QED) is 0.158. The summed E-state index contributed by atoms with van der Waals surface area (Å²) >= 11 is 0. The number of rotatable bonds is 11. The van der Waals surface area contributed by atoms with Gasteiger partial charge in [-0.2, -0.15) is 0 Å². The summed E-state index contributed by atoms with van der Waals surface area (Å²) < 4.78 is 32.6. The number of ether oxygens (including phenoxy) is 6. The predicted octanol–water partition coefficient (Wildman–Crippen LogP) is 5.74. The van der Waals surface area contributed by atoms with Crippen molar-refractivity contribution in [2.45, 2.75) is 90.5 Å². The fourth-order valence-corrected chi connectivity index (χ4v) is 5.54. The minimum atomic E-state index is -0.854. The first-order valence-corrected chi connectivity index (χ1v) is 16.8. The number of amides is 2. The van der Waals surface area contributed by atoms with Gasteiger partial charge in [0.1, 0.15) is 40.5 Å². The Balaban J connectivity index is 1.31. The van der Waals surface area contributed by atoms with Crippen molar-refractivity contribution in [3.63, 3.8) is 0 Å². The number of esters is 2. The molecule has 14 nitrogen and oxygen atoms in total. The Bertz CT molecular complexity index is 1620. The maximum Gasteiger partial charge on any atom is 0.411 e. The first kappa shape index (κ1) is 38.7. The molecule has 4 rings (SSSR count). The number of carbonyl (C=O) groups is 6. The molecule has 0 N–H and O–H groups in total. The molecule has 0 bridgehead atoms. The molecule has 0 spiro atoms. The van der Waals surface area contributed by atoms with E-state index < -0.39 is 72.2 Å². The predicted molar refractivity (Wildman–Crippen MR) is 182 cm³/mol. The molecular formula is C37H46N2O12. The summed E-state index contributed by atoms with van der Waals surface area (Å²) in [5.74, 6) is -1.51. The van der Waals surface area contributed by atoms with Gasteiger partial charge in [0.2, 0.25) is 5.78 Å². The Morgan fingerprint density at radius 2 is 1.14 bits per heavy atom. The van der Waals surface area contributed by atoms with Crippen molar-refractivity contribution in [3.05, 3.63) is 53.6 Å². The molecule has 2 aliphatic rings. The zero-order valence-corrected chi connectivity index (χ0v) is 30.1. The van der Waals surface area contributed by atoms with Crippen molar-refractivity contribution in [1.29, 1.82) is 0 Å². The van der Waals surface area contributed by atoms with E-state index in [1.54, 1.807) is 59.7 Å². The second-order valence-electron chi connectivity index (χ2n) is 14.2. The topological polar surface area (TPSA) is 164 Å². The van der Waals surface area contributed by atoms with Crippen LogP contribution in [0.5, 0.6) is 17.2 Å². The first-order chi connectivity index (χ1) is 24.0.